The number of carbonyl (C=O) groups is 1. The number of benzene rings is 1. The van der Waals surface area contributed by atoms with Crippen LogP contribution in [0.3, 0.4) is 0 Å². The second-order valence-electron chi connectivity index (χ2n) is 8.81. The van der Waals surface area contributed by atoms with Crippen LogP contribution in [0.2, 0.25) is 0 Å². The number of anilines is 1. The van der Waals surface area contributed by atoms with Crippen molar-refractivity contribution in [3.05, 3.63) is 60.7 Å². The topological polar surface area (TPSA) is 132 Å². The second-order valence-corrected chi connectivity index (χ2v) is 10.8. The number of hydrogen-bond donors (Lipinski definition) is 1. The number of carbonyl (C=O) groups excluding carboxylic acids is 1. The number of fused-ring (bicyclic) bond motifs is 1. The molecule has 11 nitrogen and oxygen atoms in total. The van der Waals surface area contributed by atoms with Crippen LogP contribution in [0.4, 0.5) is 5.82 Å². The fourth-order valence-electron chi connectivity index (χ4n) is 4.26. The quantitative estimate of drug-likeness (QED) is 0.390. The molecule has 5 rings (SSSR count). The average molecular weight is 522 g/mol. The monoisotopic (exact) mass is 521 g/mol. The van der Waals surface area contributed by atoms with Crippen LogP contribution in [-0.4, -0.2) is 76.0 Å². The number of sulfone groups is 1. The first-order chi connectivity index (χ1) is 17.8. The maximum absolute atomic E-state index is 12.9. The number of ether oxygens (including phenoxy) is 1. The van der Waals surface area contributed by atoms with E-state index < -0.39 is 9.84 Å². The molecule has 0 radical (unpaired) electrons. The molecule has 37 heavy (non-hydrogen) atoms. The van der Waals surface area contributed by atoms with Gasteiger partial charge in [-0.3, -0.25) is 4.79 Å². The Morgan fingerprint density at radius 3 is 2.46 bits per heavy atom. The third kappa shape index (κ3) is 5.24. The Morgan fingerprint density at radius 2 is 1.81 bits per heavy atom. The van der Waals surface area contributed by atoms with Gasteiger partial charge in [-0.05, 0) is 43.3 Å². The minimum atomic E-state index is -3.29. The molecule has 0 bridgehead atoms. The SMILES string of the molecule is CCNc1ccc(C(=O)N2CCC(Oc3ncnc4c3cnn4-c3ccc(S(C)(=O)=O)cc3)CC2)cn1. The van der Waals surface area contributed by atoms with Crippen molar-refractivity contribution in [2.75, 3.05) is 31.2 Å². The van der Waals surface area contributed by atoms with Gasteiger partial charge >= 0.3 is 0 Å². The van der Waals surface area contributed by atoms with E-state index in [9.17, 15) is 13.2 Å². The molecule has 0 spiro atoms. The Kier molecular flexibility index (Phi) is 6.74. The van der Waals surface area contributed by atoms with E-state index in [1.807, 2.05) is 17.9 Å². The predicted molar refractivity (Wildman–Crippen MR) is 138 cm³/mol. The summed E-state index contributed by atoms with van der Waals surface area (Å²) >= 11 is 0. The Morgan fingerprint density at radius 1 is 1.05 bits per heavy atom. The third-order valence-corrected chi connectivity index (χ3v) is 7.34. The normalized spacial score (nSPS) is 14.6. The van der Waals surface area contributed by atoms with Gasteiger partial charge in [0.25, 0.3) is 5.91 Å². The van der Waals surface area contributed by atoms with Gasteiger partial charge in [0.2, 0.25) is 5.88 Å². The van der Waals surface area contributed by atoms with E-state index in [0.717, 1.165) is 12.4 Å². The molecule has 12 heteroatoms. The number of rotatable bonds is 7. The predicted octanol–water partition coefficient (Wildman–Crippen LogP) is 2.73. The lowest BCUT2D eigenvalue weighted by Gasteiger charge is -2.32. The molecule has 4 aromatic rings. The van der Waals surface area contributed by atoms with Crippen molar-refractivity contribution >= 4 is 32.6 Å². The van der Waals surface area contributed by atoms with Crippen molar-refractivity contribution in [2.24, 2.45) is 0 Å². The molecule has 1 aromatic carbocycles. The molecule has 192 valence electrons. The molecule has 0 unspecified atom stereocenters. The van der Waals surface area contributed by atoms with Gasteiger partial charge in [0.1, 0.15) is 23.6 Å². The minimum Gasteiger partial charge on any atom is -0.474 e. The lowest BCUT2D eigenvalue weighted by molar-refractivity contribution is 0.0590. The zero-order valence-corrected chi connectivity index (χ0v) is 21.4. The Balaban J connectivity index is 1.25. The van der Waals surface area contributed by atoms with Crippen LogP contribution in [-0.2, 0) is 9.84 Å². The van der Waals surface area contributed by atoms with Gasteiger partial charge < -0.3 is 15.0 Å². The van der Waals surface area contributed by atoms with Crippen LogP contribution >= 0.6 is 0 Å². The van der Waals surface area contributed by atoms with Gasteiger partial charge in [0.05, 0.1) is 22.3 Å². The van der Waals surface area contributed by atoms with Gasteiger partial charge in [-0.15, -0.1) is 0 Å². The first kappa shape index (κ1) is 24.6. The number of amides is 1. The highest BCUT2D eigenvalue weighted by Crippen LogP contribution is 2.27. The van der Waals surface area contributed by atoms with E-state index in [4.69, 9.17) is 4.74 Å². The summed E-state index contributed by atoms with van der Waals surface area (Å²) in [5.74, 6) is 1.13. The number of piperidine rings is 1. The Hall–Kier alpha value is -4.06. The molecule has 4 heterocycles. The number of nitrogens with zero attached hydrogens (tertiary/aromatic N) is 6. The fraction of sp³-hybridized carbons (Fsp3) is 0.320. The molecule has 1 fully saturated rings. The van der Waals surface area contributed by atoms with Gasteiger partial charge in [0.15, 0.2) is 15.5 Å². The summed E-state index contributed by atoms with van der Waals surface area (Å²) in [6.45, 7) is 3.90. The molecular weight excluding hydrogens is 494 g/mol. The van der Waals surface area contributed by atoms with Crippen LogP contribution in [0.25, 0.3) is 16.7 Å². The van der Waals surface area contributed by atoms with Gasteiger partial charge in [-0.25, -0.2) is 28.1 Å². The van der Waals surface area contributed by atoms with E-state index in [1.165, 1.54) is 12.6 Å². The molecule has 0 atom stereocenters. The number of nitrogens with one attached hydrogen (secondary N) is 1. The summed E-state index contributed by atoms with van der Waals surface area (Å²) in [6.07, 6.45) is 7.06. The van der Waals surface area contributed by atoms with E-state index in [-0.39, 0.29) is 16.9 Å². The number of likely N-dealkylation sites (tertiary alicyclic amines) is 1. The summed E-state index contributed by atoms with van der Waals surface area (Å²) in [5, 5.41) is 8.19. The molecule has 1 N–H and O–H groups in total. The summed E-state index contributed by atoms with van der Waals surface area (Å²) in [5.41, 5.74) is 1.79. The van der Waals surface area contributed by atoms with Crippen molar-refractivity contribution in [1.82, 2.24) is 29.6 Å². The van der Waals surface area contributed by atoms with Gasteiger partial charge in [-0.2, -0.15) is 5.10 Å². The Bertz CT molecular complexity index is 1510. The average Bonchev–Trinajstić information content (AvgIpc) is 3.34. The van der Waals surface area contributed by atoms with E-state index >= 15 is 0 Å². The van der Waals surface area contributed by atoms with E-state index in [0.29, 0.717) is 54.1 Å². The smallest absolute Gasteiger partial charge is 0.255 e. The van der Waals surface area contributed by atoms with Crippen LogP contribution in [0, 0.1) is 0 Å². The summed E-state index contributed by atoms with van der Waals surface area (Å²) < 4.78 is 31.3. The number of pyridine rings is 1. The molecule has 0 saturated carbocycles. The molecule has 1 aliphatic rings. The first-order valence-electron chi connectivity index (χ1n) is 12.0. The third-order valence-electron chi connectivity index (χ3n) is 6.21. The maximum Gasteiger partial charge on any atom is 0.255 e. The summed E-state index contributed by atoms with van der Waals surface area (Å²) in [4.78, 5) is 27.9. The lowest BCUT2D eigenvalue weighted by atomic mass is 10.1. The zero-order valence-electron chi connectivity index (χ0n) is 20.5. The molecule has 3 aromatic heterocycles. The van der Waals surface area contributed by atoms with Crippen molar-refractivity contribution in [3.63, 3.8) is 0 Å². The van der Waals surface area contributed by atoms with E-state index in [1.54, 1.807) is 47.4 Å². The summed E-state index contributed by atoms with van der Waals surface area (Å²) in [6, 6.07) is 10.0. The number of aromatic nitrogens is 5. The molecule has 1 amide bonds. The van der Waals surface area contributed by atoms with Gasteiger partial charge in [-0.1, -0.05) is 0 Å². The van der Waals surface area contributed by atoms with Gasteiger partial charge in [0, 0.05) is 44.9 Å². The first-order valence-corrected chi connectivity index (χ1v) is 13.9. The standard InChI is InChI=1S/C25H27N7O4S/c1-3-26-22-9-4-17(14-27-22)25(33)31-12-10-19(11-13-31)36-24-21-15-30-32(23(21)28-16-29-24)18-5-7-20(8-6-18)37(2,34)35/h4-9,14-16,19H,3,10-13H2,1-2H3,(H,26,27). The van der Waals surface area contributed by atoms with Crippen molar-refractivity contribution in [3.8, 4) is 11.6 Å². The minimum absolute atomic E-state index is 0.0402. The largest absolute Gasteiger partial charge is 0.474 e. The van der Waals surface area contributed by atoms with Crippen molar-refractivity contribution in [2.45, 2.75) is 30.8 Å². The van der Waals surface area contributed by atoms with Crippen LogP contribution < -0.4 is 10.1 Å². The molecule has 0 aliphatic carbocycles. The highest BCUT2D eigenvalue weighted by atomic mass is 32.2. The maximum atomic E-state index is 12.9. The molecule has 1 saturated heterocycles. The van der Waals surface area contributed by atoms with Crippen LogP contribution in [0.5, 0.6) is 5.88 Å². The van der Waals surface area contributed by atoms with Crippen LogP contribution in [0.1, 0.15) is 30.1 Å². The zero-order chi connectivity index (χ0) is 26.0. The van der Waals surface area contributed by atoms with Crippen molar-refractivity contribution < 1.29 is 17.9 Å². The van der Waals surface area contributed by atoms with E-state index in [2.05, 4.69) is 25.4 Å². The highest BCUT2D eigenvalue weighted by molar-refractivity contribution is 7.90. The second kappa shape index (κ2) is 10.1. The summed E-state index contributed by atoms with van der Waals surface area (Å²) in [7, 11) is -3.29. The Labute approximate surface area is 214 Å². The lowest BCUT2D eigenvalue weighted by Crippen LogP contribution is -2.41. The van der Waals surface area contributed by atoms with Crippen LogP contribution in [0.15, 0.2) is 60.0 Å². The molecular formula is C25H27N7O4S. The highest BCUT2D eigenvalue weighted by Gasteiger charge is 2.26. The molecule has 1 aliphatic heterocycles. The fourth-order valence-corrected chi connectivity index (χ4v) is 4.89. The van der Waals surface area contributed by atoms with Crippen molar-refractivity contribution in [1.29, 1.82) is 0 Å². The number of hydrogen-bond acceptors (Lipinski definition) is 9.